The Morgan fingerprint density at radius 1 is 1.07 bits per heavy atom. The molecule has 0 spiro atoms. The van der Waals surface area contributed by atoms with Crippen molar-refractivity contribution < 1.29 is 9.53 Å². The molecule has 0 aromatic carbocycles. The number of anilines is 3. The van der Waals surface area contributed by atoms with Crippen LogP contribution in [-0.4, -0.2) is 60.2 Å². The standard InChI is InChI=1S/C20H25N5O2/c26-20(23-4-1-2-5-23)16-7-14-3-6-25(19(14)21-16)17-8-15-10-24(18(15)22-17)9-13-11-27-12-13/h7-8,13,21-22H,1-6,9-12H2. The highest BCUT2D eigenvalue weighted by atomic mass is 16.5. The van der Waals surface area contributed by atoms with Gasteiger partial charge >= 0.3 is 0 Å². The van der Waals surface area contributed by atoms with Gasteiger partial charge in [0.05, 0.1) is 13.2 Å². The molecule has 1 amide bonds. The van der Waals surface area contributed by atoms with Gasteiger partial charge in [0.1, 0.15) is 23.1 Å². The quantitative estimate of drug-likeness (QED) is 0.870. The summed E-state index contributed by atoms with van der Waals surface area (Å²) in [5.41, 5.74) is 3.37. The van der Waals surface area contributed by atoms with Crippen LogP contribution in [-0.2, 0) is 17.7 Å². The van der Waals surface area contributed by atoms with Gasteiger partial charge in [0.25, 0.3) is 5.91 Å². The fourth-order valence-electron chi connectivity index (χ4n) is 4.78. The molecule has 2 aromatic heterocycles. The normalized spacial score (nSPS) is 21.3. The lowest BCUT2D eigenvalue weighted by molar-refractivity contribution is -0.0282. The van der Waals surface area contributed by atoms with Crippen molar-refractivity contribution >= 4 is 23.4 Å². The Morgan fingerprint density at radius 3 is 2.70 bits per heavy atom. The largest absolute Gasteiger partial charge is 0.381 e. The number of ether oxygens (including phenoxy) is 1. The highest BCUT2D eigenvalue weighted by molar-refractivity contribution is 5.94. The van der Waals surface area contributed by atoms with E-state index in [9.17, 15) is 4.79 Å². The second-order valence-corrected chi connectivity index (χ2v) is 8.27. The van der Waals surface area contributed by atoms with Crippen molar-refractivity contribution in [1.82, 2.24) is 14.9 Å². The van der Waals surface area contributed by atoms with Crippen LogP contribution in [0.5, 0.6) is 0 Å². The number of rotatable bonds is 4. The Kier molecular flexibility index (Phi) is 3.35. The molecule has 0 radical (unpaired) electrons. The van der Waals surface area contributed by atoms with Gasteiger partial charge in [-0.2, -0.15) is 0 Å². The van der Waals surface area contributed by atoms with E-state index in [0.29, 0.717) is 5.92 Å². The first kappa shape index (κ1) is 15.6. The number of H-pyrrole nitrogens is 2. The molecule has 142 valence electrons. The van der Waals surface area contributed by atoms with Crippen LogP contribution in [0.4, 0.5) is 17.5 Å². The molecular weight excluding hydrogens is 342 g/mol. The summed E-state index contributed by atoms with van der Waals surface area (Å²) >= 11 is 0. The number of likely N-dealkylation sites (tertiary alicyclic amines) is 1. The van der Waals surface area contributed by atoms with Gasteiger partial charge in [0.2, 0.25) is 0 Å². The predicted molar refractivity (Wildman–Crippen MR) is 103 cm³/mol. The van der Waals surface area contributed by atoms with Crippen molar-refractivity contribution in [1.29, 1.82) is 0 Å². The van der Waals surface area contributed by atoms with Crippen LogP contribution in [0.2, 0.25) is 0 Å². The number of carbonyl (C=O) groups is 1. The molecule has 0 unspecified atom stereocenters. The van der Waals surface area contributed by atoms with Crippen LogP contribution in [0, 0.1) is 5.92 Å². The number of aromatic amines is 2. The number of nitrogens with zero attached hydrogens (tertiary/aromatic N) is 3. The summed E-state index contributed by atoms with van der Waals surface area (Å²) in [5.74, 6) is 4.29. The summed E-state index contributed by atoms with van der Waals surface area (Å²) in [6, 6.07) is 4.32. The molecule has 7 nitrogen and oxygen atoms in total. The molecule has 2 N–H and O–H groups in total. The highest BCUT2D eigenvalue weighted by Gasteiger charge is 2.33. The van der Waals surface area contributed by atoms with Crippen molar-refractivity contribution in [2.75, 3.05) is 49.2 Å². The topological polar surface area (TPSA) is 67.6 Å². The summed E-state index contributed by atoms with van der Waals surface area (Å²) in [6.07, 6.45) is 3.22. The fraction of sp³-hybridized carbons (Fsp3) is 0.550. The summed E-state index contributed by atoms with van der Waals surface area (Å²) in [7, 11) is 0. The van der Waals surface area contributed by atoms with E-state index in [4.69, 9.17) is 4.74 Å². The van der Waals surface area contributed by atoms with E-state index in [1.54, 1.807) is 0 Å². The van der Waals surface area contributed by atoms with E-state index in [1.165, 1.54) is 16.9 Å². The number of aromatic nitrogens is 2. The zero-order valence-electron chi connectivity index (χ0n) is 15.5. The molecule has 0 bridgehead atoms. The smallest absolute Gasteiger partial charge is 0.270 e. The zero-order chi connectivity index (χ0) is 18.0. The van der Waals surface area contributed by atoms with Gasteiger partial charge in [-0.1, -0.05) is 0 Å². The van der Waals surface area contributed by atoms with Gasteiger partial charge in [-0.05, 0) is 37.0 Å². The zero-order valence-corrected chi connectivity index (χ0v) is 15.5. The highest BCUT2D eigenvalue weighted by Crippen LogP contribution is 2.41. The molecule has 4 aliphatic rings. The van der Waals surface area contributed by atoms with Gasteiger partial charge in [-0.3, -0.25) is 4.79 Å². The lowest BCUT2D eigenvalue weighted by atomic mass is 10.0. The number of fused-ring (bicyclic) bond motifs is 2. The number of carbonyl (C=O) groups excluding carboxylic acids is 1. The maximum atomic E-state index is 12.7. The summed E-state index contributed by atoms with van der Waals surface area (Å²) < 4.78 is 5.30. The monoisotopic (exact) mass is 367 g/mol. The van der Waals surface area contributed by atoms with Crippen molar-refractivity contribution in [3.63, 3.8) is 0 Å². The molecule has 0 saturated carbocycles. The van der Waals surface area contributed by atoms with Crippen LogP contribution in [0.1, 0.15) is 34.5 Å². The molecule has 4 aliphatic heterocycles. The van der Waals surface area contributed by atoms with Crippen LogP contribution in [0.25, 0.3) is 0 Å². The van der Waals surface area contributed by atoms with Crippen LogP contribution in [0.15, 0.2) is 12.1 Å². The first-order valence-corrected chi connectivity index (χ1v) is 10.1. The number of hydrogen-bond acceptors (Lipinski definition) is 4. The van der Waals surface area contributed by atoms with E-state index in [0.717, 1.165) is 82.5 Å². The number of amides is 1. The molecule has 0 atom stereocenters. The molecule has 2 saturated heterocycles. The average molecular weight is 367 g/mol. The average Bonchev–Trinajstić information content (AvgIpc) is 3.36. The Balaban J connectivity index is 1.22. The van der Waals surface area contributed by atoms with Crippen molar-refractivity contribution in [2.45, 2.75) is 25.8 Å². The molecular formula is C20H25N5O2. The summed E-state index contributed by atoms with van der Waals surface area (Å²) in [4.78, 5) is 26.4. The predicted octanol–water partition coefficient (Wildman–Crippen LogP) is 2.24. The minimum Gasteiger partial charge on any atom is -0.381 e. The molecule has 2 aromatic rings. The van der Waals surface area contributed by atoms with Gasteiger partial charge in [0.15, 0.2) is 0 Å². The van der Waals surface area contributed by atoms with Crippen molar-refractivity contribution in [3.8, 4) is 0 Å². The van der Waals surface area contributed by atoms with E-state index in [2.05, 4.69) is 31.9 Å². The fourth-order valence-corrected chi connectivity index (χ4v) is 4.78. The third-order valence-electron chi connectivity index (χ3n) is 6.39. The minimum atomic E-state index is 0.146. The lowest BCUT2D eigenvalue weighted by Gasteiger charge is -2.38. The van der Waals surface area contributed by atoms with Crippen molar-refractivity contribution in [2.24, 2.45) is 5.92 Å². The maximum absolute atomic E-state index is 12.7. The molecule has 27 heavy (non-hydrogen) atoms. The maximum Gasteiger partial charge on any atom is 0.270 e. The second-order valence-electron chi connectivity index (χ2n) is 8.27. The first-order valence-electron chi connectivity index (χ1n) is 10.1. The van der Waals surface area contributed by atoms with Crippen LogP contribution < -0.4 is 9.80 Å². The van der Waals surface area contributed by atoms with E-state index < -0.39 is 0 Å². The Morgan fingerprint density at radius 2 is 1.93 bits per heavy atom. The number of hydrogen-bond donors (Lipinski definition) is 2. The van der Waals surface area contributed by atoms with E-state index >= 15 is 0 Å². The summed E-state index contributed by atoms with van der Waals surface area (Å²) in [5, 5.41) is 0. The second kappa shape index (κ2) is 5.79. The lowest BCUT2D eigenvalue weighted by Crippen LogP contribution is -2.43. The van der Waals surface area contributed by atoms with Gasteiger partial charge in [-0.15, -0.1) is 0 Å². The Bertz CT molecular complexity index is 890. The molecule has 6 heterocycles. The van der Waals surface area contributed by atoms with Crippen LogP contribution >= 0.6 is 0 Å². The Labute approximate surface area is 158 Å². The SMILES string of the molecule is O=C(c1cc2c([nH]1)N(c1cc3c([nH]1)N(CC1COC1)C3)CC2)N1CCCC1. The van der Waals surface area contributed by atoms with Crippen molar-refractivity contribution in [3.05, 3.63) is 29.0 Å². The minimum absolute atomic E-state index is 0.146. The molecule has 2 fully saturated rings. The van der Waals surface area contributed by atoms with Gasteiger partial charge in [0, 0.05) is 44.2 Å². The third kappa shape index (κ3) is 2.41. The number of nitrogens with one attached hydrogen (secondary N) is 2. The first-order chi connectivity index (χ1) is 13.3. The molecule has 0 aliphatic carbocycles. The summed E-state index contributed by atoms with van der Waals surface area (Å²) in [6.45, 7) is 6.61. The molecule has 6 rings (SSSR count). The van der Waals surface area contributed by atoms with Crippen LogP contribution in [0.3, 0.4) is 0 Å². The van der Waals surface area contributed by atoms with Gasteiger partial charge in [-0.25, -0.2) is 0 Å². The van der Waals surface area contributed by atoms with E-state index in [-0.39, 0.29) is 5.91 Å². The van der Waals surface area contributed by atoms with E-state index in [1.807, 2.05) is 4.90 Å². The Hall–Kier alpha value is -2.41. The van der Waals surface area contributed by atoms with Gasteiger partial charge < -0.3 is 29.4 Å². The third-order valence-corrected chi connectivity index (χ3v) is 6.39. The molecule has 7 heteroatoms.